The topological polar surface area (TPSA) is 195 Å². The average molecular weight is 413 g/mol. The molecule has 0 aliphatic carbocycles. The number of hydrogen-bond donors (Lipinski definition) is 5. The number of amides is 3. The summed E-state index contributed by atoms with van der Waals surface area (Å²) in [7, 11) is 0. The Morgan fingerprint density at radius 2 is 1.83 bits per heavy atom. The predicted molar refractivity (Wildman–Crippen MR) is 94.8 cm³/mol. The molecule has 160 valence electrons. The van der Waals surface area contributed by atoms with Crippen LogP contribution in [-0.2, 0) is 14.4 Å². The van der Waals surface area contributed by atoms with Crippen molar-refractivity contribution in [1.29, 1.82) is 0 Å². The fourth-order valence-corrected chi connectivity index (χ4v) is 2.83. The first-order valence-corrected chi connectivity index (χ1v) is 8.89. The minimum absolute atomic E-state index is 0.0267. The number of nitrogens with zero attached hydrogens (tertiary/aromatic N) is 3. The number of aromatic nitrogens is 2. The van der Waals surface area contributed by atoms with Gasteiger partial charge in [-0.2, -0.15) is 0 Å². The molecule has 0 bridgehead atoms. The van der Waals surface area contributed by atoms with E-state index in [0.717, 1.165) is 4.90 Å². The van der Waals surface area contributed by atoms with Crippen LogP contribution < -0.4 is 15.5 Å². The second-order valence-corrected chi connectivity index (χ2v) is 6.98. The van der Waals surface area contributed by atoms with E-state index >= 15 is 0 Å². The monoisotopic (exact) mass is 413 g/mol. The molecule has 0 spiro atoms. The molecule has 1 aromatic heterocycles. The molecule has 5 N–H and O–H groups in total. The van der Waals surface area contributed by atoms with Gasteiger partial charge in [0.2, 0.25) is 11.8 Å². The Bertz CT molecular complexity index is 792. The molecule has 0 radical (unpaired) electrons. The molecular weight excluding hydrogens is 390 g/mol. The highest BCUT2D eigenvalue weighted by Crippen LogP contribution is 2.29. The summed E-state index contributed by atoms with van der Waals surface area (Å²) in [5.74, 6) is -3.46. The zero-order chi connectivity index (χ0) is 21.9. The normalized spacial score (nSPS) is 19.7. The van der Waals surface area contributed by atoms with E-state index < -0.39 is 48.1 Å². The van der Waals surface area contributed by atoms with Gasteiger partial charge in [0, 0.05) is 6.42 Å². The van der Waals surface area contributed by atoms with Gasteiger partial charge < -0.3 is 30.4 Å². The third-order valence-corrected chi connectivity index (χ3v) is 4.39. The molecule has 3 amide bonds. The van der Waals surface area contributed by atoms with Gasteiger partial charge in [0.05, 0.1) is 6.10 Å². The number of carboxylic acids is 2. The molecular formula is C16H23N5O8. The van der Waals surface area contributed by atoms with E-state index in [4.69, 9.17) is 9.52 Å². The van der Waals surface area contributed by atoms with Crippen molar-refractivity contribution in [3.8, 4) is 0 Å². The molecule has 13 heteroatoms. The zero-order valence-corrected chi connectivity index (χ0v) is 16.0. The minimum Gasteiger partial charge on any atom is -0.480 e. The molecule has 0 saturated carbocycles. The van der Waals surface area contributed by atoms with Gasteiger partial charge in [0.15, 0.2) is 6.04 Å². The maximum atomic E-state index is 12.2. The first kappa shape index (κ1) is 22.1. The summed E-state index contributed by atoms with van der Waals surface area (Å²) in [6.07, 6.45) is -1.20. The van der Waals surface area contributed by atoms with Crippen molar-refractivity contribution in [3.63, 3.8) is 0 Å². The quantitative estimate of drug-likeness (QED) is 0.370. The van der Waals surface area contributed by atoms with E-state index in [0.29, 0.717) is 0 Å². The van der Waals surface area contributed by atoms with Crippen LogP contribution in [0.4, 0.5) is 10.8 Å². The lowest BCUT2D eigenvalue weighted by atomic mass is 10.0. The van der Waals surface area contributed by atoms with Crippen molar-refractivity contribution in [2.45, 2.75) is 57.8 Å². The summed E-state index contributed by atoms with van der Waals surface area (Å²) in [5.41, 5.74) is 0. The van der Waals surface area contributed by atoms with E-state index in [-0.39, 0.29) is 30.7 Å². The fourth-order valence-electron chi connectivity index (χ4n) is 2.83. The van der Waals surface area contributed by atoms with E-state index in [9.17, 15) is 29.4 Å². The largest absolute Gasteiger partial charge is 0.480 e. The van der Waals surface area contributed by atoms with Crippen molar-refractivity contribution in [3.05, 3.63) is 5.89 Å². The van der Waals surface area contributed by atoms with E-state index in [1.807, 2.05) is 0 Å². The van der Waals surface area contributed by atoms with Crippen molar-refractivity contribution in [2.75, 3.05) is 4.90 Å². The van der Waals surface area contributed by atoms with Gasteiger partial charge in [-0.1, -0.05) is 18.9 Å². The number of nitrogens with one attached hydrogen (secondary N) is 2. The summed E-state index contributed by atoms with van der Waals surface area (Å²) >= 11 is 0. The highest BCUT2D eigenvalue weighted by atomic mass is 16.4. The number of aliphatic hydroxyl groups excluding tert-OH is 1. The van der Waals surface area contributed by atoms with Gasteiger partial charge in [-0.05, 0) is 19.3 Å². The minimum atomic E-state index is -1.53. The van der Waals surface area contributed by atoms with Crippen molar-refractivity contribution in [2.24, 2.45) is 5.92 Å². The Hall–Kier alpha value is -3.22. The third kappa shape index (κ3) is 4.99. The molecule has 13 nitrogen and oxygen atoms in total. The summed E-state index contributed by atoms with van der Waals surface area (Å²) in [6.45, 7) is 4.66. The summed E-state index contributed by atoms with van der Waals surface area (Å²) in [5, 5.41) is 39.9. The molecule has 0 aromatic carbocycles. The Kier molecular flexibility index (Phi) is 6.74. The van der Waals surface area contributed by atoms with Crippen molar-refractivity contribution in [1.82, 2.24) is 20.8 Å². The van der Waals surface area contributed by atoms with Crippen LogP contribution in [-0.4, -0.2) is 67.6 Å². The molecule has 4 atom stereocenters. The first-order chi connectivity index (χ1) is 13.5. The Labute approximate surface area is 165 Å². The summed E-state index contributed by atoms with van der Waals surface area (Å²) in [6, 6.07) is -4.69. The molecule has 1 aromatic rings. The zero-order valence-electron chi connectivity index (χ0n) is 16.0. The number of aliphatic hydroxyl groups is 1. The number of aliphatic carboxylic acids is 2. The highest BCUT2D eigenvalue weighted by molar-refractivity contribution is 6.00. The van der Waals surface area contributed by atoms with Gasteiger partial charge in [0.25, 0.3) is 0 Å². The number of carboxylic acid groups (broad SMARTS) is 2. The van der Waals surface area contributed by atoms with Crippen molar-refractivity contribution >= 4 is 29.9 Å². The predicted octanol–water partition coefficient (Wildman–Crippen LogP) is -0.520. The Morgan fingerprint density at radius 3 is 2.34 bits per heavy atom. The number of carbonyl (C=O) groups excluding carboxylic acids is 2. The third-order valence-electron chi connectivity index (χ3n) is 4.39. The average Bonchev–Trinajstić information content (AvgIpc) is 3.23. The van der Waals surface area contributed by atoms with E-state index in [1.54, 1.807) is 13.8 Å². The smallest absolute Gasteiger partial charge is 0.328 e. The molecule has 1 saturated heterocycles. The molecule has 1 aliphatic rings. The fraction of sp³-hybridized carbons (Fsp3) is 0.625. The number of anilines is 1. The molecule has 29 heavy (non-hydrogen) atoms. The van der Waals surface area contributed by atoms with Crippen LogP contribution in [0.3, 0.4) is 0 Å². The number of hydrogen-bond acceptors (Lipinski definition) is 8. The van der Waals surface area contributed by atoms with Crippen LogP contribution in [0.2, 0.25) is 0 Å². The highest BCUT2D eigenvalue weighted by Gasteiger charge is 2.41. The first-order valence-electron chi connectivity index (χ1n) is 8.89. The van der Waals surface area contributed by atoms with E-state index in [1.165, 1.54) is 6.92 Å². The Morgan fingerprint density at radius 1 is 1.17 bits per heavy atom. The van der Waals surface area contributed by atoms with Crippen LogP contribution >= 0.6 is 0 Å². The number of rotatable bonds is 8. The summed E-state index contributed by atoms with van der Waals surface area (Å²) in [4.78, 5) is 47.5. The van der Waals surface area contributed by atoms with Gasteiger partial charge in [-0.15, -0.1) is 5.10 Å². The lowest BCUT2D eigenvalue weighted by Crippen LogP contribution is -2.52. The second-order valence-electron chi connectivity index (χ2n) is 6.98. The van der Waals surface area contributed by atoms with Crippen LogP contribution in [0.1, 0.15) is 45.5 Å². The van der Waals surface area contributed by atoms with Gasteiger partial charge in [-0.25, -0.2) is 19.3 Å². The molecule has 2 rings (SSSR count). The van der Waals surface area contributed by atoms with Gasteiger partial charge in [0.1, 0.15) is 12.1 Å². The SMILES string of the molecule is CC(O)[C@H](NC(=O)N[C@H](c1nnc(N2C(=O)CC[C@@H]2C(=O)O)o1)C(C)C)C(=O)O. The second kappa shape index (κ2) is 8.86. The van der Waals surface area contributed by atoms with Gasteiger partial charge in [-0.3, -0.25) is 4.79 Å². The van der Waals surface area contributed by atoms with Crippen LogP contribution in [0.15, 0.2) is 4.42 Å². The standard InChI is InChI=1S/C16H23N5O8/c1-6(2)10(17-15(28)18-11(7(3)22)14(26)27)12-19-20-16(29-12)21-8(13(24)25)4-5-9(21)23/h6-8,10-11,22H,4-5H2,1-3H3,(H,24,25)(H,26,27)(H2,17,18,28)/t7?,8-,10+,11+/m1/s1. The number of carbonyl (C=O) groups is 4. The maximum absolute atomic E-state index is 12.2. The molecule has 1 fully saturated rings. The van der Waals surface area contributed by atoms with Crippen molar-refractivity contribution < 1.29 is 38.9 Å². The lowest BCUT2D eigenvalue weighted by molar-refractivity contribution is -0.142. The van der Waals surface area contributed by atoms with Gasteiger partial charge >= 0.3 is 24.0 Å². The van der Waals surface area contributed by atoms with Crippen LogP contribution in [0.25, 0.3) is 0 Å². The number of urea groups is 1. The molecule has 1 unspecified atom stereocenters. The van der Waals surface area contributed by atoms with Crippen LogP contribution in [0.5, 0.6) is 0 Å². The maximum Gasteiger partial charge on any atom is 0.328 e. The summed E-state index contributed by atoms with van der Waals surface area (Å²) < 4.78 is 5.45. The molecule has 2 heterocycles. The Balaban J connectivity index is 2.18. The molecule has 1 aliphatic heterocycles. The van der Waals surface area contributed by atoms with Crippen LogP contribution in [0, 0.1) is 5.92 Å². The van der Waals surface area contributed by atoms with E-state index in [2.05, 4.69) is 20.8 Å². The lowest BCUT2D eigenvalue weighted by Gasteiger charge is -2.22.